The predicted molar refractivity (Wildman–Crippen MR) is 123 cm³/mol. The Morgan fingerprint density at radius 3 is 2.71 bits per heavy atom. The quantitative estimate of drug-likeness (QED) is 0.178. The van der Waals surface area contributed by atoms with E-state index in [9.17, 15) is 10.1 Å². The largest absolute Gasteiger partial charge is 0.370 e. The van der Waals surface area contributed by atoms with E-state index in [2.05, 4.69) is 30.6 Å². The van der Waals surface area contributed by atoms with Gasteiger partial charge in [0.2, 0.25) is 5.95 Å². The van der Waals surface area contributed by atoms with Crippen molar-refractivity contribution in [3.8, 4) is 22.5 Å². The maximum Gasteiger partial charge on any atom is 0.303 e. The van der Waals surface area contributed by atoms with Gasteiger partial charge in [0.1, 0.15) is 0 Å². The van der Waals surface area contributed by atoms with Crippen LogP contribution in [0.15, 0.2) is 48.4 Å². The Bertz CT molecular complexity index is 1210. The summed E-state index contributed by atoms with van der Waals surface area (Å²) in [4.78, 5) is 26.7. The van der Waals surface area contributed by atoms with Crippen LogP contribution in [0, 0.1) is 10.1 Å². The molecule has 0 saturated heterocycles. The fourth-order valence-corrected chi connectivity index (χ4v) is 4.16. The average Bonchev–Trinajstić information content (AvgIpc) is 3.43. The molecule has 0 aliphatic heterocycles. The monoisotopic (exact) mass is 475 g/mol. The van der Waals surface area contributed by atoms with Gasteiger partial charge in [-0.1, -0.05) is 23.2 Å². The number of nitrogens with zero attached hydrogens (tertiary/aromatic N) is 4. The zero-order valence-corrected chi connectivity index (χ0v) is 18.1. The zero-order chi connectivity index (χ0) is 21.8. The van der Waals surface area contributed by atoms with Crippen molar-refractivity contribution in [2.75, 3.05) is 23.7 Å². The maximum absolute atomic E-state index is 11.0. The lowest BCUT2D eigenvalue weighted by Crippen LogP contribution is -2.15. The normalized spacial score (nSPS) is 10.8. The first-order valence-electron chi connectivity index (χ1n) is 9.04. The first kappa shape index (κ1) is 21.0. The van der Waals surface area contributed by atoms with Gasteiger partial charge in [0.05, 0.1) is 33.9 Å². The van der Waals surface area contributed by atoms with Gasteiger partial charge in [-0.15, -0.1) is 11.3 Å². The Morgan fingerprint density at radius 2 is 1.97 bits per heavy atom. The number of halogens is 2. The molecule has 0 spiro atoms. The van der Waals surface area contributed by atoms with Crippen molar-refractivity contribution >= 4 is 51.2 Å². The van der Waals surface area contributed by atoms with Crippen LogP contribution in [0.3, 0.4) is 0 Å². The lowest BCUT2D eigenvalue weighted by atomic mass is 10.1. The SMILES string of the molecule is O=[N+]([O-])c1ccsc1NCCNc1ncc(-c2cnc[nH]2)c(-c2ccc(Cl)cc2Cl)n1. The maximum atomic E-state index is 11.0. The number of hydrogen-bond donors (Lipinski definition) is 3. The van der Waals surface area contributed by atoms with E-state index in [1.54, 1.807) is 42.3 Å². The third kappa shape index (κ3) is 4.76. The van der Waals surface area contributed by atoms with Gasteiger partial charge in [-0.3, -0.25) is 10.1 Å². The Morgan fingerprint density at radius 1 is 1.13 bits per heavy atom. The minimum absolute atomic E-state index is 0.0600. The van der Waals surface area contributed by atoms with E-state index in [0.717, 1.165) is 11.3 Å². The minimum Gasteiger partial charge on any atom is -0.370 e. The van der Waals surface area contributed by atoms with Crippen LogP contribution >= 0.6 is 34.5 Å². The number of nitro groups is 1. The average molecular weight is 476 g/mol. The van der Waals surface area contributed by atoms with Crippen molar-refractivity contribution in [3.05, 3.63) is 68.5 Å². The van der Waals surface area contributed by atoms with Gasteiger partial charge in [0, 0.05) is 41.5 Å². The smallest absolute Gasteiger partial charge is 0.303 e. The molecule has 0 aliphatic carbocycles. The van der Waals surface area contributed by atoms with E-state index in [0.29, 0.717) is 45.3 Å². The number of aromatic amines is 1. The van der Waals surface area contributed by atoms with Crippen LogP contribution in [0.2, 0.25) is 10.0 Å². The van der Waals surface area contributed by atoms with Crippen molar-refractivity contribution in [2.24, 2.45) is 0 Å². The fourth-order valence-electron chi connectivity index (χ4n) is 2.88. The molecule has 31 heavy (non-hydrogen) atoms. The topological polar surface area (TPSA) is 122 Å². The predicted octanol–water partition coefficient (Wildman–Crippen LogP) is 5.33. The number of rotatable bonds is 8. The van der Waals surface area contributed by atoms with Gasteiger partial charge in [-0.25, -0.2) is 15.0 Å². The van der Waals surface area contributed by atoms with Crippen LogP contribution in [0.5, 0.6) is 0 Å². The summed E-state index contributed by atoms with van der Waals surface area (Å²) in [5.74, 6) is 0.395. The van der Waals surface area contributed by atoms with Crippen molar-refractivity contribution in [3.63, 3.8) is 0 Å². The van der Waals surface area contributed by atoms with Gasteiger partial charge in [0.25, 0.3) is 0 Å². The second-order valence-corrected chi connectivity index (χ2v) is 8.05. The molecule has 9 nitrogen and oxygen atoms in total. The van der Waals surface area contributed by atoms with Crippen LogP contribution in [-0.2, 0) is 0 Å². The van der Waals surface area contributed by atoms with Gasteiger partial charge in [0.15, 0.2) is 5.00 Å². The molecular weight excluding hydrogens is 461 g/mol. The molecule has 0 amide bonds. The number of thiophene rings is 1. The molecule has 0 saturated carbocycles. The lowest BCUT2D eigenvalue weighted by molar-refractivity contribution is -0.383. The number of H-pyrrole nitrogens is 1. The lowest BCUT2D eigenvalue weighted by Gasteiger charge is -2.12. The van der Waals surface area contributed by atoms with Crippen molar-refractivity contribution < 1.29 is 4.92 Å². The molecule has 12 heteroatoms. The molecule has 4 aromatic rings. The van der Waals surface area contributed by atoms with E-state index >= 15 is 0 Å². The molecule has 0 fully saturated rings. The van der Waals surface area contributed by atoms with Crippen LogP contribution < -0.4 is 10.6 Å². The number of nitrogens with one attached hydrogen (secondary N) is 3. The fraction of sp³-hybridized carbons (Fsp3) is 0.105. The molecule has 158 valence electrons. The molecule has 3 N–H and O–H groups in total. The molecule has 0 bridgehead atoms. The van der Waals surface area contributed by atoms with Gasteiger partial charge in [-0.05, 0) is 23.6 Å². The van der Waals surface area contributed by atoms with Crippen molar-refractivity contribution in [1.29, 1.82) is 0 Å². The van der Waals surface area contributed by atoms with Crippen molar-refractivity contribution in [1.82, 2.24) is 19.9 Å². The molecule has 0 atom stereocenters. The highest BCUT2D eigenvalue weighted by atomic mass is 35.5. The van der Waals surface area contributed by atoms with Crippen LogP contribution in [0.25, 0.3) is 22.5 Å². The van der Waals surface area contributed by atoms with Gasteiger partial charge >= 0.3 is 5.69 Å². The van der Waals surface area contributed by atoms with E-state index in [-0.39, 0.29) is 5.69 Å². The summed E-state index contributed by atoms with van der Waals surface area (Å²) >= 11 is 13.7. The highest BCUT2D eigenvalue weighted by Gasteiger charge is 2.16. The molecule has 4 rings (SSSR count). The molecule has 1 aromatic carbocycles. The first-order chi connectivity index (χ1) is 15.0. The first-order valence-corrected chi connectivity index (χ1v) is 10.7. The summed E-state index contributed by atoms with van der Waals surface area (Å²) < 4.78 is 0. The van der Waals surface area contributed by atoms with Crippen LogP contribution in [0.1, 0.15) is 0 Å². The summed E-state index contributed by atoms with van der Waals surface area (Å²) in [5.41, 5.74) is 2.86. The van der Waals surface area contributed by atoms with Crippen LogP contribution in [-0.4, -0.2) is 37.9 Å². The van der Waals surface area contributed by atoms with E-state index < -0.39 is 4.92 Å². The Balaban J connectivity index is 1.54. The second-order valence-electron chi connectivity index (χ2n) is 6.29. The van der Waals surface area contributed by atoms with Gasteiger partial charge in [-0.2, -0.15) is 0 Å². The third-order valence-corrected chi connectivity index (χ3v) is 5.71. The summed E-state index contributed by atoms with van der Waals surface area (Å²) in [6.07, 6.45) is 4.93. The summed E-state index contributed by atoms with van der Waals surface area (Å²) in [7, 11) is 0. The standard InChI is InChI=1S/C19H15Cl2N7O2S/c20-11-1-2-12(14(21)7-11)17-13(15-9-22-10-26-15)8-25-19(27-17)24-5-4-23-18-16(28(29)30)3-6-31-18/h1-3,6-10,23H,4-5H2,(H,22,26)(H,24,25,27). The Labute approximate surface area is 190 Å². The zero-order valence-electron chi connectivity index (χ0n) is 15.8. The summed E-state index contributed by atoms with van der Waals surface area (Å²) in [5, 5.41) is 20.3. The van der Waals surface area contributed by atoms with E-state index in [1.165, 1.54) is 17.4 Å². The molecule has 3 aromatic heterocycles. The van der Waals surface area contributed by atoms with E-state index in [4.69, 9.17) is 23.2 Å². The number of imidazole rings is 1. The summed E-state index contributed by atoms with van der Waals surface area (Å²) in [6.45, 7) is 0.899. The number of benzene rings is 1. The highest BCUT2D eigenvalue weighted by molar-refractivity contribution is 7.14. The third-order valence-electron chi connectivity index (χ3n) is 4.30. The van der Waals surface area contributed by atoms with Crippen LogP contribution in [0.4, 0.5) is 16.6 Å². The number of aromatic nitrogens is 4. The highest BCUT2D eigenvalue weighted by Crippen LogP contribution is 2.35. The minimum atomic E-state index is -0.411. The molecule has 0 radical (unpaired) electrons. The van der Waals surface area contributed by atoms with Crippen molar-refractivity contribution in [2.45, 2.75) is 0 Å². The molecule has 3 heterocycles. The number of hydrogen-bond acceptors (Lipinski definition) is 8. The number of anilines is 2. The molecule has 0 unspecified atom stereocenters. The Kier molecular flexibility index (Phi) is 6.31. The Hall–Kier alpha value is -3.21. The summed E-state index contributed by atoms with van der Waals surface area (Å²) in [6, 6.07) is 6.67. The molecule has 0 aliphatic rings. The second kappa shape index (κ2) is 9.29. The van der Waals surface area contributed by atoms with E-state index in [1.807, 2.05) is 0 Å². The molecular formula is C19H15Cl2N7O2S. The van der Waals surface area contributed by atoms with Gasteiger partial charge < -0.3 is 15.6 Å².